The van der Waals surface area contributed by atoms with Gasteiger partial charge in [-0.2, -0.15) is 10.1 Å². The number of rotatable bonds is 4. The first-order valence-corrected chi connectivity index (χ1v) is 6.30. The van der Waals surface area contributed by atoms with Crippen molar-refractivity contribution in [2.45, 2.75) is 13.3 Å². The second kappa shape index (κ2) is 4.82. The minimum absolute atomic E-state index is 0.196. The molecule has 104 valence electrons. The van der Waals surface area contributed by atoms with Gasteiger partial charge in [-0.05, 0) is 31.5 Å². The van der Waals surface area contributed by atoms with Crippen molar-refractivity contribution in [2.75, 3.05) is 17.6 Å². The quantitative estimate of drug-likeness (QED) is 0.551. The lowest BCUT2D eigenvalue weighted by Crippen LogP contribution is -2.08. The predicted octanol–water partition coefficient (Wildman–Crippen LogP) is 0.588. The minimum atomic E-state index is 0.196. The SMILES string of the molecule is Cc1cc(Nc2nc(N)nn3ccc(CCN)c23)n[nH]1. The molecule has 0 atom stereocenters. The van der Waals surface area contributed by atoms with Crippen LogP contribution < -0.4 is 16.8 Å². The average Bonchev–Trinajstić information content (AvgIpc) is 2.97. The monoisotopic (exact) mass is 272 g/mol. The number of hydrogen-bond acceptors (Lipinski definition) is 6. The molecule has 3 aromatic rings. The number of anilines is 3. The Morgan fingerprint density at radius 1 is 1.45 bits per heavy atom. The van der Waals surface area contributed by atoms with E-state index in [1.165, 1.54) is 0 Å². The van der Waals surface area contributed by atoms with Gasteiger partial charge in [-0.25, -0.2) is 4.52 Å². The summed E-state index contributed by atoms with van der Waals surface area (Å²) >= 11 is 0. The number of aryl methyl sites for hydroxylation is 1. The zero-order valence-electron chi connectivity index (χ0n) is 11.1. The lowest BCUT2D eigenvalue weighted by molar-refractivity contribution is 0.911. The van der Waals surface area contributed by atoms with Crippen LogP contribution in [0.5, 0.6) is 0 Å². The van der Waals surface area contributed by atoms with Gasteiger partial charge in [-0.3, -0.25) is 5.10 Å². The number of aromatic nitrogens is 5. The first-order chi connectivity index (χ1) is 9.67. The van der Waals surface area contributed by atoms with E-state index in [2.05, 4.69) is 25.6 Å². The van der Waals surface area contributed by atoms with Gasteiger partial charge in [0.05, 0.1) is 0 Å². The van der Waals surface area contributed by atoms with E-state index in [0.717, 1.165) is 23.2 Å². The summed E-state index contributed by atoms with van der Waals surface area (Å²) in [5, 5.41) is 14.3. The van der Waals surface area contributed by atoms with E-state index in [0.29, 0.717) is 18.2 Å². The van der Waals surface area contributed by atoms with Gasteiger partial charge in [-0.15, -0.1) is 5.10 Å². The molecule has 0 bridgehead atoms. The van der Waals surface area contributed by atoms with Crippen LogP contribution in [0.25, 0.3) is 5.52 Å². The Balaban J connectivity index is 2.09. The van der Waals surface area contributed by atoms with Crippen molar-refractivity contribution in [2.24, 2.45) is 5.73 Å². The highest BCUT2D eigenvalue weighted by Crippen LogP contribution is 2.23. The largest absolute Gasteiger partial charge is 0.366 e. The normalized spacial score (nSPS) is 11.1. The fourth-order valence-electron chi connectivity index (χ4n) is 2.15. The third-order valence-electron chi connectivity index (χ3n) is 2.98. The molecule has 0 aliphatic rings. The number of H-pyrrole nitrogens is 1. The van der Waals surface area contributed by atoms with Crippen LogP contribution in [0.3, 0.4) is 0 Å². The molecule has 0 spiro atoms. The van der Waals surface area contributed by atoms with Crippen molar-refractivity contribution in [3.8, 4) is 0 Å². The maximum atomic E-state index is 5.73. The topological polar surface area (TPSA) is 123 Å². The van der Waals surface area contributed by atoms with Crippen LogP contribution in [0.4, 0.5) is 17.6 Å². The van der Waals surface area contributed by atoms with Crippen LogP contribution in [0.1, 0.15) is 11.3 Å². The first-order valence-electron chi connectivity index (χ1n) is 6.30. The lowest BCUT2D eigenvalue weighted by atomic mass is 10.2. The summed E-state index contributed by atoms with van der Waals surface area (Å²) in [6.07, 6.45) is 2.59. The van der Waals surface area contributed by atoms with E-state index >= 15 is 0 Å². The highest BCUT2D eigenvalue weighted by molar-refractivity contribution is 5.76. The molecule has 0 amide bonds. The molecule has 20 heavy (non-hydrogen) atoms. The summed E-state index contributed by atoms with van der Waals surface area (Å²) in [6, 6.07) is 3.86. The first kappa shape index (κ1) is 12.4. The molecule has 0 saturated heterocycles. The van der Waals surface area contributed by atoms with Gasteiger partial charge >= 0.3 is 0 Å². The second-order valence-corrected chi connectivity index (χ2v) is 4.55. The van der Waals surface area contributed by atoms with Crippen LogP contribution in [-0.2, 0) is 6.42 Å². The standard InChI is InChI=1S/C12H16N8/c1-7-6-9(18-17-7)15-11-10-8(2-4-13)3-5-20(10)19-12(14)16-11/h3,5-6H,2,4,13H2,1H3,(H4,14,15,16,17,18,19). The van der Waals surface area contributed by atoms with Gasteiger partial charge in [0.25, 0.3) is 0 Å². The van der Waals surface area contributed by atoms with Gasteiger partial charge in [0.15, 0.2) is 11.6 Å². The van der Waals surface area contributed by atoms with Crippen LogP contribution in [0.2, 0.25) is 0 Å². The Kier molecular flexibility index (Phi) is 2.99. The van der Waals surface area contributed by atoms with Gasteiger partial charge in [0.1, 0.15) is 5.52 Å². The summed E-state index contributed by atoms with van der Waals surface area (Å²) < 4.78 is 1.70. The Labute approximate surface area is 115 Å². The fraction of sp³-hybridized carbons (Fsp3) is 0.250. The maximum absolute atomic E-state index is 5.73. The molecule has 8 heteroatoms. The Morgan fingerprint density at radius 2 is 2.30 bits per heavy atom. The Bertz CT molecular complexity index is 741. The molecule has 0 saturated carbocycles. The number of aromatic amines is 1. The fourth-order valence-corrected chi connectivity index (χ4v) is 2.15. The van der Waals surface area contributed by atoms with E-state index < -0.39 is 0 Å². The Hall–Kier alpha value is -2.61. The summed E-state index contributed by atoms with van der Waals surface area (Å²) in [5.41, 5.74) is 14.3. The van der Waals surface area contributed by atoms with Crippen molar-refractivity contribution >= 4 is 23.1 Å². The minimum Gasteiger partial charge on any atom is -0.366 e. The van der Waals surface area contributed by atoms with Crippen molar-refractivity contribution < 1.29 is 0 Å². The molecule has 6 N–H and O–H groups in total. The third kappa shape index (κ3) is 2.16. The molecule has 3 rings (SSSR count). The van der Waals surface area contributed by atoms with E-state index in [4.69, 9.17) is 11.5 Å². The zero-order chi connectivity index (χ0) is 14.1. The molecule has 3 aromatic heterocycles. The van der Waals surface area contributed by atoms with Crippen molar-refractivity contribution in [1.29, 1.82) is 0 Å². The maximum Gasteiger partial charge on any atom is 0.240 e. The molecule has 0 radical (unpaired) electrons. The highest BCUT2D eigenvalue weighted by atomic mass is 15.3. The molecule has 0 aliphatic heterocycles. The summed E-state index contributed by atoms with van der Waals surface area (Å²) in [6.45, 7) is 2.49. The second-order valence-electron chi connectivity index (χ2n) is 4.55. The number of fused-ring (bicyclic) bond motifs is 1. The molecule has 8 nitrogen and oxygen atoms in total. The molecule has 0 fully saturated rings. The van der Waals surface area contributed by atoms with Crippen LogP contribution in [-0.4, -0.2) is 31.3 Å². The predicted molar refractivity (Wildman–Crippen MR) is 76.8 cm³/mol. The molecular formula is C12H16N8. The van der Waals surface area contributed by atoms with Gasteiger partial charge in [0, 0.05) is 18.0 Å². The molecule has 0 unspecified atom stereocenters. The number of hydrogen-bond donors (Lipinski definition) is 4. The number of nitrogen functional groups attached to an aromatic ring is 1. The summed E-state index contributed by atoms with van der Waals surface area (Å²) in [5.74, 6) is 1.50. The average molecular weight is 272 g/mol. The molecule has 0 aliphatic carbocycles. The molecule has 0 aromatic carbocycles. The van der Waals surface area contributed by atoms with E-state index in [9.17, 15) is 0 Å². The van der Waals surface area contributed by atoms with Gasteiger partial charge in [0.2, 0.25) is 5.95 Å². The zero-order valence-corrected chi connectivity index (χ0v) is 11.1. The highest BCUT2D eigenvalue weighted by Gasteiger charge is 2.12. The smallest absolute Gasteiger partial charge is 0.240 e. The number of nitrogens with one attached hydrogen (secondary N) is 2. The van der Waals surface area contributed by atoms with E-state index in [-0.39, 0.29) is 5.95 Å². The van der Waals surface area contributed by atoms with Crippen LogP contribution >= 0.6 is 0 Å². The van der Waals surface area contributed by atoms with Gasteiger partial charge in [-0.1, -0.05) is 0 Å². The van der Waals surface area contributed by atoms with E-state index in [1.54, 1.807) is 4.52 Å². The van der Waals surface area contributed by atoms with Crippen molar-refractivity contribution in [3.63, 3.8) is 0 Å². The third-order valence-corrected chi connectivity index (χ3v) is 2.98. The summed E-state index contributed by atoms with van der Waals surface area (Å²) in [7, 11) is 0. The van der Waals surface area contributed by atoms with Crippen LogP contribution in [0.15, 0.2) is 18.3 Å². The van der Waals surface area contributed by atoms with Crippen LogP contribution in [0, 0.1) is 6.92 Å². The molecule has 3 heterocycles. The Morgan fingerprint density at radius 3 is 3.00 bits per heavy atom. The number of nitrogens with zero attached hydrogens (tertiary/aromatic N) is 4. The van der Waals surface area contributed by atoms with Gasteiger partial charge < -0.3 is 16.8 Å². The lowest BCUT2D eigenvalue weighted by Gasteiger charge is -2.07. The van der Waals surface area contributed by atoms with Crippen molar-refractivity contribution in [1.82, 2.24) is 24.8 Å². The van der Waals surface area contributed by atoms with Crippen molar-refractivity contribution in [3.05, 3.63) is 29.6 Å². The number of nitrogens with two attached hydrogens (primary N) is 2. The molecular weight excluding hydrogens is 256 g/mol. The summed E-state index contributed by atoms with van der Waals surface area (Å²) in [4.78, 5) is 4.26. The van der Waals surface area contributed by atoms with E-state index in [1.807, 2.05) is 25.3 Å².